The molecule has 3 nitrogen and oxygen atoms in total. The second-order valence-electron chi connectivity index (χ2n) is 4.43. The lowest BCUT2D eigenvalue weighted by molar-refractivity contribution is 0.213. The summed E-state index contributed by atoms with van der Waals surface area (Å²) in [6.45, 7) is 0.921. The van der Waals surface area contributed by atoms with Crippen LogP contribution >= 0.6 is 11.8 Å². The molecular weight excluding hydrogens is 256 g/mol. The van der Waals surface area contributed by atoms with Gasteiger partial charge < -0.3 is 0 Å². The maximum Gasteiger partial charge on any atom is 0.128 e. The molecule has 0 aliphatic carbocycles. The molecule has 1 aliphatic rings. The lowest BCUT2D eigenvalue weighted by Crippen LogP contribution is -2.49. The van der Waals surface area contributed by atoms with E-state index >= 15 is 0 Å². The highest BCUT2D eigenvalue weighted by Gasteiger charge is 2.30. The lowest BCUT2D eigenvalue weighted by atomic mass is 9.99. The molecule has 1 heterocycles. The molecule has 1 aliphatic heterocycles. The van der Waals surface area contributed by atoms with Crippen molar-refractivity contribution in [1.29, 1.82) is 0 Å². The van der Waals surface area contributed by atoms with E-state index in [1.54, 1.807) is 11.8 Å². The minimum atomic E-state index is -0.447. The van der Waals surface area contributed by atoms with E-state index in [-0.39, 0.29) is 11.6 Å². The van der Waals surface area contributed by atoms with Gasteiger partial charge in [0.1, 0.15) is 11.6 Å². The van der Waals surface area contributed by atoms with Crippen LogP contribution in [0.15, 0.2) is 18.2 Å². The topological polar surface area (TPSA) is 41.3 Å². The minimum absolute atomic E-state index is 0.0602. The van der Waals surface area contributed by atoms with Crippen molar-refractivity contribution < 1.29 is 8.78 Å². The molecule has 2 unspecified atom stereocenters. The van der Waals surface area contributed by atoms with Gasteiger partial charge in [0.15, 0.2) is 0 Å². The van der Waals surface area contributed by atoms with Crippen molar-refractivity contribution in [1.82, 2.24) is 10.3 Å². The Morgan fingerprint density at radius 1 is 1.50 bits per heavy atom. The van der Waals surface area contributed by atoms with Gasteiger partial charge in [-0.1, -0.05) is 0 Å². The van der Waals surface area contributed by atoms with E-state index in [9.17, 15) is 8.78 Å². The number of likely N-dealkylation sites (N-methyl/N-ethyl adjacent to an activating group) is 1. The summed E-state index contributed by atoms with van der Waals surface area (Å²) >= 11 is 1.80. The summed E-state index contributed by atoms with van der Waals surface area (Å²) in [5.74, 6) is 6.57. The summed E-state index contributed by atoms with van der Waals surface area (Å²) in [5, 5.41) is 0. The largest absolute Gasteiger partial charge is 0.300 e. The number of hydrazine groups is 1. The van der Waals surface area contributed by atoms with Crippen LogP contribution in [0.1, 0.15) is 11.6 Å². The molecule has 3 N–H and O–H groups in total. The predicted molar refractivity (Wildman–Crippen MR) is 70.2 cm³/mol. The standard InChI is InChI=1S/C12H17F2N3S/c1-17-4-5-18-7-11(17)12(16-15)9-6-8(13)2-3-10(9)14/h2-3,6,11-12,16H,4-5,7,15H2,1H3. The quantitative estimate of drug-likeness (QED) is 0.647. The third-order valence-electron chi connectivity index (χ3n) is 3.30. The molecule has 1 fully saturated rings. The zero-order chi connectivity index (χ0) is 13.1. The Morgan fingerprint density at radius 2 is 2.28 bits per heavy atom. The summed E-state index contributed by atoms with van der Waals surface area (Å²) in [6, 6.07) is 3.13. The predicted octanol–water partition coefficient (Wildman–Crippen LogP) is 1.52. The van der Waals surface area contributed by atoms with Gasteiger partial charge in [0, 0.05) is 29.7 Å². The molecule has 0 bridgehead atoms. The second-order valence-corrected chi connectivity index (χ2v) is 5.58. The first-order chi connectivity index (χ1) is 8.63. The fourth-order valence-corrected chi connectivity index (χ4v) is 3.49. The van der Waals surface area contributed by atoms with Crippen LogP contribution in [-0.2, 0) is 0 Å². The Balaban J connectivity index is 2.29. The third-order valence-corrected chi connectivity index (χ3v) is 4.35. The molecule has 0 radical (unpaired) electrons. The Bertz CT molecular complexity index is 416. The van der Waals surface area contributed by atoms with Crippen molar-refractivity contribution in [3.05, 3.63) is 35.4 Å². The fraction of sp³-hybridized carbons (Fsp3) is 0.500. The van der Waals surface area contributed by atoms with Crippen LogP contribution in [0.4, 0.5) is 8.78 Å². The van der Waals surface area contributed by atoms with E-state index in [1.165, 1.54) is 6.07 Å². The molecule has 0 saturated carbocycles. The number of nitrogens with one attached hydrogen (secondary N) is 1. The molecule has 0 spiro atoms. The first kappa shape index (κ1) is 13.7. The second kappa shape index (κ2) is 5.97. The third kappa shape index (κ3) is 2.83. The summed E-state index contributed by atoms with van der Waals surface area (Å²) in [5.41, 5.74) is 2.91. The van der Waals surface area contributed by atoms with E-state index in [0.717, 1.165) is 30.2 Å². The van der Waals surface area contributed by atoms with Crippen LogP contribution in [0.3, 0.4) is 0 Å². The fourth-order valence-electron chi connectivity index (χ4n) is 2.22. The van der Waals surface area contributed by atoms with Crippen molar-refractivity contribution in [2.24, 2.45) is 5.84 Å². The average molecular weight is 273 g/mol. The number of benzene rings is 1. The molecular formula is C12H17F2N3S. The van der Waals surface area contributed by atoms with Crippen LogP contribution in [0, 0.1) is 11.6 Å². The van der Waals surface area contributed by atoms with Gasteiger partial charge in [-0.3, -0.25) is 16.2 Å². The number of nitrogens with two attached hydrogens (primary N) is 1. The normalized spacial score (nSPS) is 23.0. The van der Waals surface area contributed by atoms with Gasteiger partial charge >= 0.3 is 0 Å². The van der Waals surface area contributed by atoms with E-state index in [0.29, 0.717) is 0 Å². The molecule has 100 valence electrons. The number of hydrogen-bond acceptors (Lipinski definition) is 4. The molecule has 1 aromatic rings. The van der Waals surface area contributed by atoms with E-state index in [2.05, 4.69) is 10.3 Å². The Hall–Kier alpha value is -0.690. The molecule has 2 rings (SSSR count). The molecule has 2 atom stereocenters. The van der Waals surface area contributed by atoms with E-state index in [4.69, 9.17) is 5.84 Å². The SMILES string of the molecule is CN1CCSCC1C(NN)c1cc(F)ccc1F. The summed E-state index contributed by atoms with van der Waals surface area (Å²) < 4.78 is 27.1. The molecule has 0 amide bonds. The summed E-state index contributed by atoms with van der Waals surface area (Å²) in [7, 11) is 1.98. The van der Waals surface area contributed by atoms with Gasteiger partial charge in [-0.05, 0) is 25.2 Å². The molecule has 1 saturated heterocycles. The highest BCUT2D eigenvalue weighted by molar-refractivity contribution is 7.99. The first-order valence-electron chi connectivity index (χ1n) is 5.82. The highest BCUT2D eigenvalue weighted by atomic mass is 32.2. The summed E-state index contributed by atoms with van der Waals surface area (Å²) in [6.07, 6.45) is 0. The number of halogens is 2. The van der Waals surface area contributed by atoms with Gasteiger partial charge in [-0.25, -0.2) is 8.78 Å². The van der Waals surface area contributed by atoms with Crippen molar-refractivity contribution in [2.45, 2.75) is 12.1 Å². The lowest BCUT2D eigenvalue weighted by Gasteiger charge is -2.37. The van der Waals surface area contributed by atoms with Crippen LogP contribution < -0.4 is 11.3 Å². The number of thioether (sulfide) groups is 1. The Labute approximate surface area is 110 Å². The molecule has 18 heavy (non-hydrogen) atoms. The molecule has 6 heteroatoms. The first-order valence-corrected chi connectivity index (χ1v) is 6.98. The maximum atomic E-state index is 13.8. The van der Waals surface area contributed by atoms with Crippen molar-refractivity contribution in [3.63, 3.8) is 0 Å². The summed E-state index contributed by atoms with van der Waals surface area (Å²) in [4.78, 5) is 2.13. The van der Waals surface area contributed by atoms with Gasteiger partial charge in [0.05, 0.1) is 6.04 Å². The van der Waals surface area contributed by atoms with Crippen LogP contribution in [-0.4, -0.2) is 36.0 Å². The van der Waals surface area contributed by atoms with Gasteiger partial charge in [-0.15, -0.1) is 0 Å². The van der Waals surface area contributed by atoms with Crippen LogP contribution in [0.25, 0.3) is 0 Å². The number of rotatable bonds is 3. The van der Waals surface area contributed by atoms with Crippen LogP contribution in [0.2, 0.25) is 0 Å². The zero-order valence-electron chi connectivity index (χ0n) is 10.2. The van der Waals surface area contributed by atoms with E-state index in [1.807, 2.05) is 7.05 Å². The number of nitrogens with zero attached hydrogens (tertiary/aromatic N) is 1. The Kier molecular flexibility index (Phi) is 4.55. The smallest absolute Gasteiger partial charge is 0.128 e. The highest BCUT2D eigenvalue weighted by Crippen LogP contribution is 2.28. The molecule has 0 aromatic heterocycles. The van der Waals surface area contributed by atoms with Gasteiger partial charge in [0.25, 0.3) is 0 Å². The Morgan fingerprint density at radius 3 is 2.94 bits per heavy atom. The monoisotopic (exact) mass is 273 g/mol. The minimum Gasteiger partial charge on any atom is -0.300 e. The van der Waals surface area contributed by atoms with Crippen molar-refractivity contribution in [2.75, 3.05) is 25.1 Å². The van der Waals surface area contributed by atoms with Crippen LogP contribution in [0.5, 0.6) is 0 Å². The zero-order valence-corrected chi connectivity index (χ0v) is 11.0. The van der Waals surface area contributed by atoms with Gasteiger partial charge in [-0.2, -0.15) is 11.8 Å². The average Bonchev–Trinajstić information content (AvgIpc) is 2.36. The van der Waals surface area contributed by atoms with Gasteiger partial charge in [0.2, 0.25) is 0 Å². The van der Waals surface area contributed by atoms with E-state index < -0.39 is 17.7 Å². The van der Waals surface area contributed by atoms with Crippen molar-refractivity contribution in [3.8, 4) is 0 Å². The van der Waals surface area contributed by atoms with Crippen molar-refractivity contribution >= 4 is 11.8 Å². The molecule has 1 aromatic carbocycles. The number of hydrogen-bond donors (Lipinski definition) is 2. The maximum absolute atomic E-state index is 13.8.